The number of carbonyl (C=O) groups is 1. The van der Waals surface area contributed by atoms with Gasteiger partial charge in [-0.05, 0) is 24.7 Å². The number of rotatable bonds is 0. The van der Waals surface area contributed by atoms with Crippen molar-refractivity contribution in [3.05, 3.63) is 0 Å². The Balaban J connectivity index is 2.24. The summed E-state index contributed by atoms with van der Waals surface area (Å²) in [5.41, 5.74) is 0. The average Bonchev–Trinajstić information content (AvgIpc) is 2.36. The maximum atomic E-state index is 11.3. The molecule has 2 fully saturated rings. The summed E-state index contributed by atoms with van der Waals surface area (Å²) in [4.78, 5) is 11.5. The Bertz CT molecular complexity index is 174. The fourth-order valence-corrected chi connectivity index (χ4v) is 3.47. The topological polar surface area (TPSA) is 17.1 Å². The Morgan fingerprint density at radius 1 is 1.50 bits per heavy atom. The number of ketones is 1. The van der Waals surface area contributed by atoms with Crippen LogP contribution in [0.25, 0.3) is 0 Å². The molecule has 2 heteroatoms. The van der Waals surface area contributed by atoms with E-state index < -0.39 is 0 Å². The van der Waals surface area contributed by atoms with Gasteiger partial charge in [0.15, 0.2) is 0 Å². The average molecular weight is 203 g/mol. The minimum atomic E-state index is 0.196. The third kappa shape index (κ3) is 0.714. The summed E-state index contributed by atoms with van der Waals surface area (Å²) < 4.78 is 0. The molecule has 4 atom stereocenters. The summed E-state index contributed by atoms with van der Waals surface area (Å²) in [6, 6.07) is 0. The SMILES string of the molecule is CC1CC2CC1C(Br)C2=O. The number of Topliss-reactive ketones (excluding diaryl/α,β-unsaturated/α-hetero) is 1. The van der Waals surface area contributed by atoms with Crippen molar-refractivity contribution in [1.29, 1.82) is 0 Å². The molecule has 0 aliphatic heterocycles. The molecule has 0 aromatic heterocycles. The summed E-state index contributed by atoms with van der Waals surface area (Å²) >= 11 is 3.45. The van der Waals surface area contributed by atoms with Gasteiger partial charge in [0.25, 0.3) is 0 Å². The lowest BCUT2D eigenvalue weighted by atomic mass is 9.90. The van der Waals surface area contributed by atoms with E-state index in [0.29, 0.717) is 17.6 Å². The summed E-state index contributed by atoms with van der Waals surface area (Å²) in [5.74, 6) is 2.29. The Morgan fingerprint density at radius 3 is 2.60 bits per heavy atom. The first-order valence-electron chi connectivity index (χ1n) is 3.88. The standard InChI is InChI=1S/C8H11BrO/c1-4-2-5-3-6(4)7(9)8(5)10/h4-7H,2-3H2,1H3. The quantitative estimate of drug-likeness (QED) is 0.550. The fourth-order valence-electron chi connectivity index (χ4n) is 2.36. The molecule has 0 saturated heterocycles. The van der Waals surface area contributed by atoms with Gasteiger partial charge in [0.2, 0.25) is 0 Å². The lowest BCUT2D eigenvalue weighted by molar-refractivity contribution is -0.121. The molecule has 2 aliphatic rings. The van der Waals surface area contributed by atoms with Crippen molar-refractivity contribution in [3.8, 4) is 0 Å². The molecule has 4 unspecified atom stereocenters. The first-order valence-corrected chi connectivity index (χ1v) is 4.79. The Hall–Kier alpha value is 0.150. The number of hydrogen-bond donors (Lipinski definition) is 0. The predicted octanol–water partition coefficient (Wildman–Crippen LogP) is 1.99. The summed E-state index contributed by atoms with van der Waals surface area (Å²) in [5, 5.41) is 0. The van der Waals surface area contributed by atoms with Crippen LogP contribution in [0.2, 0.25) is 0 Å². The van der Waals surface area contributed by atoms with E-state index in [1.807, 2.05) is 0 Å². The Morgan fingerprint density at radius 2 is 2.20 bits per heavy atom. The second-order valence-electron chi connectivity index (χ2n) is 3.61. The predicted molar refractivity (Wildman–Crippen MR) is 43.1 cm³/mol. The van der Waals surface area contributed by atoms with E-state index in [1.54, 1.807) is 0 Å². The van der Waals surface area contributed by atoms with Gasteiger partial charge in [0.1, 0.15) is 5.78 Å². The largest absolute Gasteiger partial charge is 0.298 e. The van der Waals surface area contributed by atoms with Gasteiger partial charge < -0.3 is 0 Å². The van der Waals surface area contributed by atoms with Crippen LogP contribution in [0.3, 0.4) is 0 Å². The van der Waals surface area contributed by atoms with Crippen molar-refractivity contribution < 1.29 is 4.79 Å². The fraction of sp³-hybridized carbons (Fsp3) is 0.875. The number of halogens is 1. The van der Waals surface area contributed by atoms with E-state index in [2.05, 4.69) is 22.9 Å². The van der Waals surface area contributed by atoms with Crippen molar-refractivity contribution in [2.75, 3.05) is 0 Å². The molecule has 0 aromatic rings. The molecule has 0 amide bonds. The van der Waals surface area contributed by atoms with Crippen molar-refractivity contribution in [1.82, 2.24) is 0 Å². The molecule has 1 nitrogen and oxygen atoms in total. The summed E-state index contributed by atoms with van der Waals surface area (Å²) in [6.45, 7) is 2.26. The molecular weight excluding hydrogens is 192 g/mol. The second kappa shape index (κ2) is 2.07. The van der Waals surface area contributed by atoms with Gasteiger partial charge >= 0.3 is 0 Å². The van der Waals surface area contributed by atoms with E-state index >= 15 is 0 Å². The highest BCUT2D eigenvalue weighted by Crippen LogP contribution is 2.48. The Kier molecular flexibility index (Phi) is 1.41. The molecule has 0 N–H and O–H groups in total. The van der Waals surface area contributed by atoms with Crippen LogP contribution in [0.1, 0.15) is 19.8 Å². The normalized spacial score (nSPS) is 52.4. The van der Waals surface area contributed by atoms with Gasteiger partial charge in [-0.3, -0.25) is 4.79 Å². The van der Waals surface area contributed by atoms with E-state index in [0.717, 1.165) is 18.8 Å². The first kappa shape index (κ1) is 6.84. The highest BCUT2D eigenvalue weighted by molar-refractivity contribution is 9.10. The van der Waals surface area contributed by atoms with Crippen molar-refractivity contribution >= 4 is 21.7 Å². The number of hydrogen-bond acceptors (Lipinski definition) is 1. The van der Waals surface area contributed by atoms with Crippen LogP contribution in [0.5, 0.6) is 0 Å². The molecule has 0 heterocycles. The number of carbonyl (C=O) groups excluding carboxylic acids is 1. The zero-order valence-corrected chi connectivity index (χ0v) is 7.60. The van der Waals surface area contributed by atoms with Gasteiger partial charge in [-0.1, -0.05) is 22.9 Å². The van der Waals surface area contributed by atoms with Gasteiger partial charge in [-0.25, -0.2) is 0 Å². The lowest BCUT2D eigenvalue weighted by Crippen LogP contribution is -2.26. The van der Waals surface area contributed by atoms with E-state index in [-0.39, 0.29) is 4.83 Å². The Labute approximate surface area is 69.3 Å². The zero-order valence-electron chi connectivity index (χ0n) is 6.01. The molecule has 10 heavy (non-hydrogen) atoms. The summed E-state index contributed by atoms with van der Waals surface area (Å²) in [7, 11) is 0. The molecule has 0 aromatic carbocycles. The third-order valence-corrected chi connectivity index (χ3v) is 4.12. The molecule has 2 saturated carbocycles. The second-order valence-corrected chi connectivity index (χ2v) is 4.60. The number of alkyl halides is 1. The van der Waals surface area contributed by atoms with Crippen LogP contribution in [0.15, 0.2) is 0 Å². The lowest BCUT2D eigenvalue weighted by Gasteiger charge is -2.20. The molecule has 0 spiro atoms. The van der Waals surface area contributed by atoms with Crippen LogP contribution in [-0.4, -0.2) is 10.6 Å². The monoisotopic (exact) mass is 202 g/mol. The van der Waals surface area contributed by atoms with Crippen LogP contribution >= 0.6 is 15.9 Å². The van der Waals surface area contributed by atoms with Crippen LogP contribution in [-0.2, 0) is 4.79 Å². The van der Waals surface area contributed by atoms with Gasteiger partial charge in [0.05, 0.1) is 4.83 Å². The smallest absolute Gasteiger partial charge is 0.149 e. The van der Waals surface area contributed by atoms with Crippen molar-refractivity contribution in [2.45, 2.75) is 24.6 Å². The van der Waals surface area contributed by atoms with Crippen molar-refractivity contribution in [3.63, 3.8) is 0 Å². The molecular formula is C8H11BrO. The molecule has 56 valence electrons. The molecule has 0 radical (unpaired) electrons. The molecule has 2 aliphatic carbocycles. The maximum absolute atomic E-state index is 11.3. The number of fused-ring (bicyclic) bond motifs is 2. The van der Waals surface area contributed by atoms with E-state index in [1.165, 1.54) is 0 Å². The first-order chi connectivity index (χ1) is 4.70. The van der Waals surface area contributed by atoms with Crippen molar-refractivity contribution in [2.24, 2.45) is 17.8 Å². The van der Waals surface area contributed by atoms with Crippen LogP contribution < -0.4 is 0 Å². The molecule has 2 bridgehead atoms. The van der Waals surface area contributed by atoms with Crippen LogP contribution in [0.4, 0.5) is 0 Å². The zero-order chi connectivity index (χ0) is 7.30. The van der Waals surface area contributed by atoms with Gasteiger partial charge in [-0.2, -0.15) is 0 Å². The minimum absolute atomic E-state index is 0.196. The van der Waals surface area contributed by atoms with E-state index in [9.17, 15) is 4.79 Å². The molecule has 2 rings (SSSR count). The maximum Gasteiger partial charge on any atom is 0.149 e. The van der Waals surface area contributed by atoms with Gasteiger partial charge in [0, 0.05) is 5.92 Å². The van der Waals surface area contributed by atoms with E-state index in [4.69, 9.17) is 0 Å². The van der Waals surface area contributed by atoms with Crippen LogP contribution in [0, 0.1) is 17.8 Å². The highest BCUT2D eigenvalue weighted by Gasteiger charge is 2.49. The van der Waals surface area contributed by atoms with Gasteiger partial charge in [-0.15, -0.1) is 0 Å². The third-order valence-electron chi connectivity index (χ3n) is 2.99. The minimum Gasteiger partial charge on any atom is -0.298 e. The highest BCUT2D eigenvalue weighted by atomic mass is 79.9. The summed E-state index contributed by atoms with van der Waals surface area (Å²) in [6.07, 6.45) is 2.29.